The van der Waals surface area contributed by atoms with Crippen LogP contribution >= 0.6 is 0 Å². The van der Waals surface area contributed by atoms with Crippen molar-refractivity contribution in [3.63, 3.8) is 0 Å². The Kier molecular flexibility index (Phi) is 7.17. The molecule has 2 aromatic carbocycles. The van der Waals surface area contributed by atoms with Gasteiger partial charge in [-0.05, 0) is 47.9 Å². The Morgan fingerprint density at radius 3 is 2.21 bits per heavy atom. The third kappa shape index (κ3) is 5.40. The van der Waals surface area contributed by atoms with Gasteiger partial charge in [0.1, 0.15) is 12.6 Å². The molecular formula is C27H28N2O5. The summed E-state index contributed by atoms with van der Waals surface area (Å²) >= 11 is 0. The summed E-state index contributed by atoms with van der Waals surface area (Å²) in [5.41, 5.74) is 4.56. The zero-order valence-corrected chi connectivity index (χ0v) is 19.0. The highest BCUT2D eigenvalue weighted by atomic mass is 16.5. The number of fused-ring (bicyclic) bond motifs is 3. The van der Waals surface area contributed by atoms with Crippen molar-refractivity contribution in [2.75, 3.05) is 6.61 Å². The first-order valence-electron chi connectivity index (χ1n) is 11.5. The van der Waals surface area contributed by atoms with Gasteiger partial charge in [0.15, 0.2) is 0 Å². The summed E-state index contributed by atoms with van der Waals surface area (Å²) < 4.78 is 5.61. The zero-order valence-electron chi connectivity index (χ0n) is 19.0. The number of carbonyl (C=O) groups excluding carboxylic acids is 2. The molecule has 2 amide bonds. The molecule has 0 saturated heterocycles. The second-order valence-corrected chi connectivity index (χ2v) is 8.71. The van der Waals surface area contributed by atoms with E-state index < -0.39 is 30.1 Å². The number of alkyl carbamates (subject to hydrolysis) is 1. The van der Waals surface area contributed by atoms with Crippen LogP contribution in [0.1, 0.15) is 49.7 Å². The lowest BCUT2D eigenvalue weighted by atomic mass is 9.98. The molecule has 7 heteroatoms. The monoisotopic (exact) mass is 460 g/mol. The van der Waals surface area contributed by atoms with Gasteiger partial charge in [0, 0.05) is 24.8 Å². The van der Waals surface area contributed by atoms with Crippen LogP contribution in [-0.2, 0) is 14.3 Å². The third-order valence-corrected chi connectivity index (χ3v) is 6.36. The molecule has 2 atom stereocenters. The van der Waals surface area contributed by atoms with Gasteiger partial charge >= 0.3 is 12.1 Å². The first kappa shape index (κ1) is 23.4. The van der Waals surface area contributed by atoms with E-state index in [1.54, 1.807) is 6.92 Å². The maximum Gasteiger partial charge on any atom is 0.407 e. The van der Waals surface area contributed by atoms with Gasteiger partial charge in [-0.1, -0.05) is 48.5 Å². The van der Waals surface area contributed by atoms with Crippen molar-refractivity contribution in [3.05, 3.63) is 59.7 Å². The smallest absolute Gasteiger partial charge is 0.407 e. The molecule has 0 bridgehead atoms. The molecule has 0 spiro atoms. The standard InChI is InChI=1S/C27H28N2O5/c1-2-3-12-23(26(31)32)28-25(30)15-24(17-13-14-17)29-27(33)34-16-22-20-10-6-4-8-18(20)19-9-5-7-11-21(19)22/h4-11,17,22-24H,12-16H2,1H3,(H,28,30)(H,29,33)(H,31,32). The molecule has 2 aliphatic rings. The second kappa shape index (κ2) is 10.4. The number of carbonyl (C=O) groups is 3. The Morgan fingerprint density at radius 1 is 1.03 bits per heavy atom. The number of rotatable bonds is 9. The lowest BCUT2D eigenvalue weighted by Gasteiger charge is -2.20. The minimum Gasteiger partial charge on any atom is -0.480 e. The van der Waals surface area contributed by atoms with Crippen molar-refractivity contribution in [2.45, 2.75) is 50.6 Å². The molecule has 7 nitrogen and oxygen atoms in total. The fourth-order valence-corrected chi connectivity index (χ4v) is 4.48. The summed E-state index contributed by atoms with van der Waals surface area (Å²) in [5, 5.41) is 14.6. The predicted molar refractivity (Wildman–Crippen MR) is 127 cm³/mol. The van der Waals surface area contributed by atoms with E-state index >= 15 is 0 Å². The van der Waals surface area contributed by atoms with Crippen LogP contribution in [0.15, 0.2) is 48.5 Å². The van der Waals surface area contributed by atoms with Gasteiger partial charge in [-0.3, -0.25) is 4.79 Å². The lowest BCUT2D eigenvalue weighted by molar-refractivity contribution is -0.141. The van der Waals surface area contributed by atoms with E-state index in [1.807, 2.05) is 24.3 Å². The summed E-state index contributed by atoms with van der Waals surface area (Å²) in [5.74, 6) is 3.89. The first-order chi connectivity index (χ1) is 16.5. The summed E-state index contributed by atoms with van der Waals surface area (Å²) in [6.45, 7) is 1.81. The summed E-state index contributed by atoms with van der Waals surface area (Å²) in [6, 6.07) is 14.8. The van der Waals surface area contributed by atoms with Crippen LogP contribution in [0.25, 0.3) is 11.1 Å². The third-order valence-electron chi connectivity index (χ3n) is 6.36. The van der Waals surface area contributed by atoms with Crippen LogP contribution in [0.5, 0.6) is 0 Å². The number of aliphatic carboxylic acids is 1. The maximum atomic E-state index is 12.6. The predicted octanol–water partition coefficient (Wildman–Crippen LogP) is 3.68. The van der Waals surface area contributed by atoms with Crippen LogP contribution < -0.4 is 10.6 Å². The first-order valence-corrected chi connectivity index (χ1v) is 11.5. The van der Waals surface area contributed by atoms with E-state index in [1.165, 1.54) is 0 Å². The zero-order chi connectivity index (χ0) is 24.1. The lowest BCUT2D eigenvalue weighted by Crippen LogP contribution is -2.45. The summed E-state index contributed by atoms with van der Waals surface area (Å²) in [7, 11) is 0. The average Bonchev–Trinajstić information content (AvgIpc) is 3.63. The maximum absolute atomic E-state index is 12.6. The number of benzene rings is 2. The molecule has 1 saturated carbocycles. The Hall–Kier alpha value is -3.79. The topological polar surface area (TPSA) is 105 Å². The highest BCUT2D eigenvalue weighted by Crippen LogP contribution is 2.44. The SMILES string of the molecule is CC#CCC(NC(=O)CC(NC(=O)OCC1c2ccccc2-c2ccccc21)C1CC1)C(=O)O. The molecule has 0 heterocycles. The number of hydrogen-bond donors (Lipinski definition) is 3. The molecule has 4 rings (SSSR count). The van der Waals surface area contributed by atoms with Crippen LogP contribution in [0.2, 0.25) is 0 Å². The number of carboxylic acids is 1. The fourth-order valence-electron chi connectivity index (χ4n) is 4.48. The molecule has 2 unspecified atom stereocenters. The van der Waals surface area contributed by atoms with Crippen molar-refractivity contribution < 1.29 is 24.2 Å². The fraction of sp³-hybridized carbons (Fsp3) is 0.370. The Bertz CT molecular complexity index is 1100. The van der Waals surface area contributed by atoms with Crippen molar-refractivity contribution in [3.8, 4) is 23.0 Å². The van der Waals surface area contributed by atoms with Gasteiger partial charge in [0.2, 0.25) is 5.91 Å². The van der Waals surface area contributed by atoms with Crippen molar-refractivity contribution in [2.24, 2.45) is 5.92 Å². The van der Waals surface area contributed by atoms with E-state index in [9.17, 15) is 19.5 Å². The largest absolute Gasteiger partial charge is 0.480 e. The van der Waals surface area contributed by atoms with E-state index in [4.69, 9.17) is 4.74 Å². The minimum absolute atomic E-state index is 0.00179. The Morgan fingerprint density at radius 2 is 1.65 bits per heavy atom. The second-order valence-electron chi connectivity index (χ2n) is 8.71. The molecule has 0 aliphatic heterocycles. The minimum atomic E-state index is -1.14. The van der Waals surface area contributed by atoms with E-state index in [-0.39, 0.29) is 31.3 Å². The normalized spacial score (nSPS) is 15.7. The molecule has 3 N–H and O–H groups in total. The number of ether oxygens (including phenoxy) is 1. The van der Waals surface area contributed by atoms with Crippen molar-refractivity contribution in [1.82, 2.24) is 10.6 Å². The molecule has 0 aromatic heterocycles. The molecule has 2 aliphatic carbocycles. The van der Waals surface area contributed by atoms with E-state index in [0.29, 0.717) is 0 Å². The molecule has 176 valence electrons. The quantitative estimate of drug-likeness (QED) is 0.495. The summed E-state index contributed by atoms with van der Waals surface area (Å²) in [4.78, 5) is 36.5. The van der Waals surface area contributed by atoms with Gasteiger partial charge in [-0.15, -0.1) is 11.8 Å². The van der Waals surface area contributed by atoms with Crippen LogP contribution in [0.3, 0.4) is 0 Å². The summed E-state index contributed by atoms with van der Waals surface area (Å²) in [6.07, 6.45) is 1.28. The van der Waals surface area contributed by atoms with Crippen LogP contribution in [0.4, 0.5) is 4.79 Å². The highest BCUT2D eigenvalue weighted by Gasteiger charge is 2.35. The molecule has 34 heavy (non-hydrogen) atoms. The van der Waals surface area contributed by atoms with E-state index in [0.717, 1.165) is 35.1 Å². The number of carboxylic acid groups (broad SMARTS) is 1. The van der Waals surface area contributed by atoms with E-state index in [2.05, 4.69) is 46.7 Å². The van der Waals surface area contributed by atoms with Crippen molar-refractivity contribution >= 4 is 18.0 Å². The molecule has 2 aromatic rings. The van der Waals surface area contributed by atoms with Gasteiger partial charge in [-0.25, -0.2) is 9.59 Å². The molecule has 1 fully saturated rings. The van der Waals surface area contributed by atoms with Gasteiger partial charge < -0.3 is 20.5 Å². The Labute approximate surface area is 198 Å². The molecular weight excluding hydrogens is 432 g/mol. The number of amides is 2. The molecule has 0 radical (unpaired) electrons. The average molecular weight is 461 g/mol. The Balaban J connectivity index is 1.35. The van der Waals surface area contributed by atoms with Gasteiger partial charge in [-0.2, -0.15) is 0 Å². The number of hydrogen-bond acceptors (Lipinski definition) is 4. The van der Waals surface area contributed by atoms with Crippen LogP contribution in [-0.4, -0.2) is 41.8 Å². The van der Waals surface area contributed by atoms with Crippen LogP contribution in [0, 0.1) is 17.8 Å². The van der Waals surface area contributed by atoms with Gasteiger partial charge in [0.25, 0.3) is 0 Å². The van der Waals surface area contributed by atoms with Crippen molar-refractivity contribution in [1.29, 1.82) is 0 Å². The highest BCUT2D eigenvalue weighted by molar-refractivity contribution is 5.84. The van der Waals surface area contributed by atoms with Gasteiger partial charge in [0.05, 0.1) is 0 Å². The number of nitrogens with one attached hydrogen (secondary N) is 2.